The SMILES string of the molecule is CCCn1c(SCC(=O)Nc2cccc(OC)c2)nnc1-c1csc(C)c1C. The zero-order valence-corrected chi connectivity index (χ0v) is 18.1. The molecular formula is C20H24N4O2S2. The largest absolute Gasteiger partial charge is 0.497 e. The van der Waals surface area contributed by atoms with Crippen molar-refractivity contribution in [2.45, 2.75) is 38.9 Å². The van der Waals surface area contributed by atoms with Gasteiger partial charge in [0, 0.05) is 34.1 Å². The minimum Gasteiger partial charge on any atom is -0.497 e. The standard InChI is InChI=1S/C20H24N4O2S2/c1-5-9-24-19(17-11-27-14(3)13(17)2)22-23-20(24)28-12-18(25)21-15-7-6-8-16(10-15)26-4/h6-8,10-11H,5,9,12H2,1-4H3,(H,21,25). The Labute approximate surface area is 173 Å². The monoisotopic (exact) mass is 416 g/mol. The fraction of sp³-hybridized carbons (Fsp3) is 0.350. The van der Waals surface area contributed by atoms with Gasteiger partial charge in [0.1, 0.15) is 5.75 Å². The van der Waals surface area contributed by atoms with Gasteiger partial charge in [-0.2, -0.15) is 0 Å². The summed E-state index contributed by atoms with van der Waals surface area (Å²) in [5.41, 5.74) is 3.07. The summed E-state index contributed by atoms with van der Waals surface area (Å²) in [5, 5.41) is 14.6. The van der Waals surface area contributed by atoms with Crippen LogP contribution >= 0.6 is 23.1 Å². The average Bonchev–Trinajstić information content (AvgIpc) is 3.24. The highest BCUT2D eigenvalue weighted by atomic mass is 32.2. The smallest absolute Gasteiger partial charge is 0.234 e. The van der Waals surface area contributed by atoms with E-state index in [1.54, 1.807) is 24.5 Å². The van der Waals surface area contributed by atoms with E-state index in [0.29, 0.717) is 11.4 Å². The Morgan fingerprint density at radius 1 is 1.32 bits per heavy atom. The minimum absolute atomic E-state index is 0.0894. The van der Waals surface area contributed by atoms with E-state index in [1.165, 1.54) is 22.2 Å². The minimum atomic E-state index is -0.0894. The number of nitrogens with zero attached hydrogens (tertiary/aromatic N) is 3. The molecule has 0 spiro atoms. The van der Waals surface area contributed by atoms with Crippen LogP contribution in [-0.2, 0) is 11.3 Å². The number of carbonyl (C=O) groups excluding carboxylic acids is 1. The third-order valence-corrected chi connectivity index (χ3v) is 6.36. The van der Waals surface area contributed by atoms with Gasteiger partial charge in [-0.05, 0) is 38.0 Å². The number of thioether (sulfide) groups is 1. The Balaban J connectivity index is 1.71. The molecule has 0 aliphatic carbocycles. The molecule has 1 aromatic carbocycles. The Kier molecular flexibility index (Phi) is 6.74. The van der Waals surface area contributed by atoms with Crippen LogP contribution < -0.4 is 10.1 Å². The topological polar surface area (TPSA) is 69.0 Å². The van der Waals surface area contributed by atoms with Gasteiger partial charge in [0.15, 0.2) is 11.0 Å². The van der Waals surface area contributed by atoms with Gasteiger partial charge in [-0.3, -0.25) is 4.79 Å². The van der Waals surface area contributed by atoms with Crippen molar-refractivity contribution in [1.82, 2.24) is 14.8 Å². The maximum atomic E-state index is 12.4. The van der Waals surface area contributed by atoms with Gasteiger partial charge >= 0.3 is 0 Å². The maximum Gasteiger partial charge on any atom is 0.234 e. The fourth-order valence-electron chi connectivity index (χ4n) is 2.78. The Morgan fingerprint density at radius 2 is 2.14 bits per heavy atom. The third-order valence-electron chi connectivity index (χ3n) is 4.38. The predicted molar refractivity (Wildman–Crippen MR) is 115 cm³/mol. The molecule has 148 valence electrons. The number of ether oxygens (including phenoxy) is 1. The highest BCUT2D eigenvalue weighted by Crippen LogP contribution is 2.31. The van der Waals surface area contributed by atoms with Crippen LogP contribution in [0.4, 0.5) is 5.69 Å². The normalized spacial score (nSPS) is 10.9. The number of benzene rings is 1. The van der Waals surface area contributed by atoms with Gasteiger partial charge in [0.05, 0.1) is 12.9 Å². The van der Waals surface area contributed by atoms with E-state index in [2.05, 4.69) is 46.2 Å². The molecule has 0 fully saturated rings. The van der Waals surface area contributed by atoms with Crippen molar-refractivity contribution >= 4 is 34.7 Å². The Bertz CT molecular complexity index is 965. The molecule has 1 N–H and O–H groups in total. The maximum absolute atomic E-state index is 12.4. The molecule has 0 radical (unpaired) electrons. The number of nitrogens with one attached hydrogen (secondary N) is 1. The molecule has 2 heterocycles. The number of aromatic nitrogens is 3. The molecule has 28 heavy (non-hydrogen) atoms. The van der Waals surface area contributed by atoms with E-state index in [0.717, 1.165) is 29.5 Å². The number of methoxy groups -OCH3 is 1. The molecule has 0 atom stereocenters. The summed E-state index contributed by atoms with van der Waals surface area (Å²) in [4.78, 5) is 13.6. The summed E-state index contributed by atoms with van der Waals surface area (Å²) >= 11 is 3.12. The van der Waals surface area contributed by atoms with Crippen LogP contribution in [-0.4, -0.2) is 33.5 Å². The number of hydrogen-bond donors (Lipinski definition) is 1. The fourth-order valence-corrected chi connectivity index (χ4v) is 4.41. The summed E-state index contributed by atoms with van der Waals surface area (Å²) in [5.74, 6) is 1.76. The summed E-state index contributed by atoms with van der Waals surface area (Å²) in [6.07, 6.45) is 0.969. The van der Waals surface area contributed by atoms with Gasteiger partial charge in [0.2, 0.25) is 5.91 Å². The van der Waals surface area contributed by atoms with Crippen molar-refractivity contribution in [2.75, 3.05) is 18.2 Å². The molecule has 8 heteroatoms. The first-order chi connectivity index (χ1) is 13.5. The van der Waals surface area contributed by atoms with E-state index in [-0.39, 0.29) is 11.7 Å². The van der Waals surface area contributed by atoms with Crippen molar-refractivity contribution in [3.63, 3.8) is 0 Å². The van der Waals surface area contributed by atoms with Crippen LogP contribution in [0.25, 0.3) is 11.4 Å². The van der Waals surface area contributed by atoms with Crippen LogP contribution in [0.5, 0.6) is 5.75 Å². The number of anilines is 1. The zero-order valence-electron chi connectivity index (χ0n) is 16.5. The summed E-state index contributed by atoms with van der Waals surface area (Å²) in [7, 11) is 1.60. The van der Waals surface area contributed by atoms with Crippen molar-refractivity contribution in [2.24, 2.45) is 0 Å². The molecule has 0 unspecified atom stereocenters. The number of thiophene rings is 1. The Hall–Kier alpha value is -2.32. The first-order valence-electron chi connectivity index (χ1n) is 9.08. The highest BCUT2D eigenvalue weighted by Gasteiger charge is 2.18. The lowest BCUT2D eigenvalue weighted by molar-refractivity contribution is -0.113. The molecule has 2 aromatic heterocycles. The first kappa shape index (κ1) is 20.4. The second kappa shape index (κ2) is 9.25. The van der Waals surface area contributed by atoms with Gasteiger partial charge in [-0.15, -0.1) is 21.5 Å². The molecule has 0 aliphatic heterocycles. The number of amides is 1. The number of rotatable bonds is 8. The molecule has 0 saturated carbocycles. The zero-order chi connectivity index (χ0) is 20.1. The molecule has 0 aliphatic rings. The summed E-state index contributed by atoms with van der Waals surface area (Å²) in [6, 6.07) is 7.32. The second-order valence-electron chi connectivity index (χ2n) is 6.36. The average molecular weight is 417 g/mol. The molecule has 3 aromatic rings. The quantitative estimate of drug-likeness (QED) is 0.536. The second-order valence-corrected chi connectivity index (χ2v) is 8.38. The van der Waals surface area contributed by atoms with Crippen molar-refractivity contribution in [1.29, 1.82) is 0 Å². The Morgan fingerprint density at radius 3 is 2.82 bits per heavy atom. The molecule has 1 amide bonds. The molecule has 6 nitrogen and oxygen atoms in total. The molecule has 3 rings (SSSR count). The van der Waals surface area contributed by atoms with E-state index < -0.39 is 0 Å². The number of aryl methyl sites for hydroxylation is 1. The molecule has 0 bridgehead atoms. The number of hydrogen-bond acceptors (Lipinski definition) is 6. The predicted octanol–water partition coefficient (Wildman–Crippen LogP) is 4.77. The highest BCUT2D eigenvalue weighted by molar-refractivity contribution is 7.99. The van der Waals surface area contributed by atoms with Crippen molar-refractivity contribution in [3.05, 3.63) is 40.1 Å². The lowest BCUT2D eigenvalue weighted by Crippen LogP contribution is -2.14. The van der Waals surface area contributed by atoms with Gasteiger partial charge < -0.3 is 14.6 Å². The molecule has 0 saturated heterocycles. The van der Waals surface area contributed by atoms with E-state index in [9.17, 15) is 4.79 Å². The summed E-state index contributed by atoms with van der Waals surface area (Å²) < 4.78 is 7.30. The molecular weight excluding hydrogens is 392 g/mol. The van der Waals surface area contributed by atoms with Crippen LogP contribution in [0.15, 0.2) is 34.8 Å². The van der Waals surface area contributed by atoms with Gasteiger partial charge in [-0.25, -0.2) is 0 Å². The summed E-state index contributed by atoms with van der Waals surface area (Å²) in [6.45, 7) is 7.17. The lowest BCUT2D eigenvalue weighted by atomic mass is 10.1. The van der Waals surface area contributed by atoms with Gasteiger partial charge in [0.25, 0.3) is 0 Å². The van der Waals surface area contributed by atoms with Crippen LogP contribution in [0.2, 0.25) is 0 Å². The van der Waals surface area contributed by atoms with Crippen LogP contribution in [0, 0.1) is 13.8 Å². The van der Waals surface area contributed by atoms with Crippen molar-refractivity contribution in [3.8, 4) is 17.1 Å². The third kappa shape index (κ3) is 4.56. The number of carbonyl (C=O) groups is 1. The van der Waals surface area contributed by atoms with Gasteiger partial charge in [-0.1, -0.05) is 24.8 Å². The van der Waals surface area contributed by atoms with Crippen molar-refractivity contribution < 1.29 is 9.53 Å². The van der Waals surface area contributed by atoms with Crippen LogP contribution in [0.3, 0.4) is 0 Å². The van der Waals surface area contributed by atoms with E-state index in [4.69, 9.17) is 4.74 Å². The first-order valence-corrected chi connectivity index (χ1v) is 10.9. The van der Waals surface area contributed by atoms with Crippen LogP contribution in [0.1, 0.15) is 23.8 Å². The lowest BCUT2D eigenvalue weighted by Gasteiger charge is -2.09. The van der Waals surface area contributed by atoms with E-state index in [1.807, 2.05) is 18.2 Å². The van der Waals surface area contributed by atoms with E-state index >= 15 is 0 Å².